The van der Waals surface area contributed by atoms with Crippen LogP contribution in [0.4, 0.5) is 11.5 Å². The highest BCUT2D eigenvalue weighted by Crippen LogP contribution is 2.26. The molecule has 1 aromatic heterocycles. The zero-order chi connectivity index (χ0) is 17.1. The highest BCUT2D eigenvalue weighted by Gasteiger charge is 2.18. The number of Topliss-reactive ketones (excluding diaryl/α,β-unsaturated/α-hetero) is 1. The number of hydrogen-bond acceptors (Lipinski definition) is 4. The van der Waals surface area contributed by atoms with Crippen LogP contribution in [0.25, 0.3) is 5.69 Å². The van der Waals surface area contributed by atoms with Gasteiger partial charge >= 0.3 is 0 Å². The number of benzene rings is 2. The molecular formula is C18H17ClN4O. The van der Waals surface area contributed by atoms with Gasteiger partial charge in [-0.1, -0.05) is 41.9 Å². The SMILES string of the molecule is CCc1ccccc1Nc1c(C(C)=O)nnn1-c1ccc(Cl)cc1. The fourth-order valence-electron chi connectivity index (χ4n) is 2.47. The van der Waals surface area contributed by atoms with Crippen molar-refractivity contribution in [3.05, 3.63) is 64.8 Å². The third-order valence-corrected chi connectivity index (χ3v) is 3.98. The summed E-state index contributed by atoms with van der Waals surface area (Å²) in [6.07, 6.45) is 0.876. The Bertz CT molecular complexity index is 871. The van der Waals surface area contributed by atoms with Crippen LogP contribution in [0.1, 0.15) is 29.9 Å². The largest absolute Gasteiger partial charge is 0.338 e. The number of hydrogen-bond donors (Lipinski definition) is 1. The number of nitrogens with one attached hydrogen (secondary N) is 1. The van der Waals surface area contributed by atoms with E-state index in [0.29, 0.717) is 16.5 Å². The minimum atomic E-state index is -0.147. The van der Waals surface area contributed by atoms with Gasteiger partial charge in [0, 0.05) is 17.6 Å². The lowest BCUT2D eigenvalue weighted by molar-refractivity contribution is 0.101. The van der Waals surface area contributed by atoms with Crippen LogP contribution in [0.5, 0.6) is 0 Å². The molecule has 3 rings (SSSR count). The Labute approximate surface area is 145 Å². The van der Waals surface area contributed by atoms with Gasteiger partial charge in [-0.15, -0.1) is 5.10 Å². The monoisotopic (exact) mass is 340 g/mol. The molecule has 24 heavy (non-hydrogen) atoms. The number of nitrogens with zero attached hydrogens (tertiary/aromatic N) is 3. The van der Waals surface area contributed by atoms with Gasteiger partial charge < -0.3 is 5.32 Å². The molecule has 0 unspecified atom stereocenters. The summed E-state index contributed by atoms with van der Waals surface area (Å²) in [5.41, 5.74) is 3.16. The first-order valence-electron chi connectivity index (χ1n) is 7.67. The normalized spacial score (nSPS) is 10.6. The summed E-state index contributed by atoms with van der Waals surface area (Å²) >= 11 is 5.95. The van der Waals surface area contributed by atoms with Crippen LogP contribution < -0.4 is 5.32 Å². The first-order valence-corrected chi connectivity index (χ1v) is 8.05. The lowest BCUT2D eigenvalue weighted by Crippen LogP contribution is -2.06. The van der Waals surface area contributed by atoms with Crippen LogP contribution in [0.2, 0.25) is 5.02 Å². The van der Waals surface area contributed by atoms with Crippen LogP contribution in [-0.4, -0.2) is 20.8 Å². The van der Waals surface area contributed by atoms with E-state index in [-0.39, 0.29) is 5.78 Å². The van der Waals surface area contributed by atoms with E-state index in [1.54, 1.807) is 16.8 Å². The van der Waals surface area contributed by atoms with Crippen molar-refractivity contribution < 1.29 is 4.79 Å². The number of ketones is 1. The Morgan fingerprint density at radius 3 is 2.54 bits per heavy atom. The zero-order valence-electron chi connectivity index (χ0n) is 13.5. The summed E-state index contributed by atoms with van der Waals surface area (Å²) in [6, 6.07) is 15.2. The highest BCUT2D eigenvalue weighted by molar-refractivity contribution is 6.30. The van der Waals surface area contributed by atoms with E-state index in [9.17, 15) is 4.79 Å². The van der Waals surface area contributed by atoms with E-state index < -0.39 is 0 Å². The van der Waals surface area contributed by atoms with Gasteiger partial charge in [0.15, 0.2) is 17.3 Å². The lowest BCUT2D eigenvalue weighted by Gasteiger charge is -2.13. The maximum absolute atomic E-state index is 11.9. The molecule has 0 bridgehead atoms. The van der Waals surface area contributed by atoms with Crippen molar-refractivity contribution in [1.29, 1.82) is 0 Å². The predicted octanol–water partition coefficient (Wildman–Crippen LogP) is 4.43. The van der Waals surface area contributed by atoms with Crippen molar-refractivity contribution in [2.45, 2.75) is 20.3 Å². The van der Waals surface area contributed by atoms with Crippen LogP contribution >= 0.6 is 11.6 Å². The predicted molar refractivity (Wildman–Crippen MR) is 95.5 cm³/mol. The Morgan fingerprint density at radius 1 is 1.17 bits per heavy atom. The Balaban J connectivity index is 2.09. The second-order valence-electron chi connectivity index (χ2n) is 5.37. The molecule has 0 fully saturated rings. The third kappa shape index (κ3) is 3.16. The smallest absolute Gasteiger partial charge is 0.183 e. The number of anilines is 2. The lowest BCUT2D eigenvalue weighted by atomic mass is 10.1. The topological polar surface area (TPSA) is 59.8 Å². The molecule has 122 valence electrons. The van der Waals surface area contributed by atoms with Crippen molar-refractivity contribution in [1.82, 2.24) is 15.0 Å². The molecule has 0 aliphatic heterocycles. The standard InChI is InChI=1S/C18H17ClN4O/c1-3-13-6-4-5-7-16(13)20-18-17(12(2)24)21-22-23(18)15-10-8-14(19)9-11-15/h4-11,20H,3H2,1-2H3. The van der Waals surface area contributed by atoms with Crippen LogP contribution in [-0.2, 0) is 6.42 Å². The molecule has 2 aromatic carbocycles. The maximum atomic E-state index is 11.9. The summed E-state index contributed by atoms with van der Waals surface area (Å²) in [6.45, 7) is 3.56. The maximum Gasteiger partial charge on any atom is 0.183 e. The van der Waals surface area contributed by atoms with Crippen LogP contribution in [0, 0.1) is 0 Å². The molecule has 5 nitrogen and oxygen atoms in total. The van der Waals surface area contributed by atoms with Crippen molar-refractivity contribution in [2.24, 2.45) is 0 Å². The van der Waals surface area contributed by atoms with Gasteiger partial charge in [0.1, 0.15) is 0 Å². The summed E-state index contributed by atoms with van der Waals surface area (Å²) in [5.74, 6) is 0.400. The second-order valence-corrected chi connectivity index (χ2v) is 5.80. The number of carbonyl (C=O) groups excluding carboxylic acids is 1. The molecular weight excluding hydrogens is 324 g/mol. The summed E-state index contributed by atoms with van der Waals surface area (Å²) in [7, 11) is 0. The van der Waals surface area contributed by atoms with Crippen molar-refractivity contribution in [3.63, 3.8) is 0 Å². The average molecular weight is 341 g/mol. The van der Waals surface area contributed by atoms with Gasteiger partial charge in [0.2, 0.25) is 0 Å². The quantitative estimate of drug-likeness (QED) is 0.698. The van der Waals surface area contributed by atoms with Crippen molar-refractivity contribution in [3.8, 4) is 5.69 Å². The van der Waals surface area contributed by atoms with Gasteiger partial charge in [-0.25, -0.2) is 0 Å². The zero-order valence-corrected chi connectivity index (χ0v) is 14.2. The van der Waals surface area contributed by atoms with Gasteiger partial charge in [0.05, 0.1) is 5.69 Å². The second kappa shape index (κ2) is 6.84. The molecule has 1 heterocycles. The van der Waals surface area contributed by atoms with Gasteiger partial charge in [-0.05, 0) is 42.3 Å². The molecule has 0 saturated heterocycles. The Hall–Kier alpha value is -2.66. The molecule has 0 amide bonds. The van der Waals surface area contributed by atoms with Crippen LogP contribution in [0.15, 0.2) is 48.5 Å². The first-order chi connectivity index (χ1) is 11.6. The molecule has 0 radical (unpaired) electrons. The van der Waals surface area contributed by atoms with E-state index in [0.717, 1.165) is 23.4 Å². The Kier molecular flexibility index (Phi) is 4.62. The fraction of sp³-hybridized carbons (Fsp3) is 0.167. The van der Waals surface area contributed by atoms with E-state index >= 15 is 0 Å². The molecule has 3 aromatic rings. The van der Waals surface area contributed by atoms with E-state index in [1.807, 2.05) is 36.4 Å². The number of aromatic nitrogens is 3. The minimum absolute atomic E-state index is 0.147. The van der Waals surface area contributed by atoms with Crippen molar-refractivity contribution >= 4 is 28.9 Å². The number of para-hydroxylation sites is 1. The molecule has 1 N–H and O–H groups in total. The molecule has 0 spiro atoms. The average Bonchev–Trinajstić information content (AvgIpc) is 3.00. The van der Waals surface area contributed by atoms with E-state index in [2.05, 4.69) is 22.6 Å². The molecule has 0 aliphatic carbocycles. The van der Waals surface area contributed by atoms with Gasteiger partial charge in [0.25, 0.3) is 0 Å². The molecule has 0 atom stereocenters. The summed E-state index contributed by atoms with van der Waals surface area (Å²) < 4.78 is 1.61. The third-order valence-electron chi connectivity index (χ3n) is 3.73. The fourth-order valence-corrected chi connectivity index (χ4v) is 2.60. The van der Waals surface area contributed by atoms with Crippen LogP contribution in [0.3, 0.4) is 0 Å². The van der Waals surface area contributed by atoms with Gasteiger partial charge in [-0.3, -0.25) is 4.79 Å². The minimum Gasteiger partial charge on any atom is -0.338 e. The number of halogens is 1. The summed E-state index contributed by atoms with van der Waals surface area (Å²) in [4.78, 5) is 11.9. The molecule has 0 aliphatic rings. The molecule has 6 heteroatoms. The van der Waals surface area contributed by atoms with E-state index in [1.165, 1.54) is 6.92 Å². The number of aryl methyl sites for hydroxylation is 1. The Morgan fingerprint density at radius 2 is 1.88 bits per heavy atom. The number of carbonyl (C=O) groups is 1. The van der Waals surface area contributed by atoms with E-state index in [4.69, 9.17) is 11.6 Å². The van der Waals surface area contributed by atoms with Gasteiger partial charge in [-0.2, -0.15) is 4.68 Å². The summed E-state index contributed by atoms with van der Waals surface area (Å²) in [5, 5.41) is 12.1. The number of rotatable bonds is 5. The highest BCUT2D eigenvalue weighted by atomic mass is 35.5. The molecule has 0 saturated carbocycles. The van der Waals surface area contributed by atoms with Crippen molar-refractivity contribution in [2.75, 3.05) is 5.32 Å². The first kappa shape index (κ1) is 16.2.